The zero-order valence-electron chi connectivity index (χ0n) is 12.9. The highest BCUT2D eigenvalue weighted by Crippen LogP contribution is 2.11. The minimum atomic E-state index is 0.845. The largest absolute Gasteiger partial charge is 0.619 e. The predicted molar refractivity (Wildman–Crippen MR) is 86.3 cm³/mol. The molecule has 2 heteroatoms. The highest BCUT2D eigenvalue weighted by Gasteiger charge is 1.93. The Kier molecular flexibility index (Phi) is 9.64. The lowest BCUT2D eigenvalue weighted by Crippen LogP contribution is -2.24. The van der Waals surface area contributed by atoms with Crippen molar-refractivity contribution in [1.29, 1.82) is 0 Å². The van der Waals surface area contributed by atoms with Crippen molar-refractivity contribution in [2.24, 2.45) is 0 Å². The van der Waals surface area contributed by atoms with Crippen LogP contribution in [0.2, 0.25) is 0 Å². The first-order valence-corrected chi connectivity index (χ1v) is 8.18. The second-order valence-electron chi connectivity index (χ2n) is 5.52. The van der Waals surface area contributed by atoms with Crippen molar-refractivity contribution in [1.82, 2.24) is 0 Å². The number of nitrogens with zero attached hydrogens (tertiary/aromatic N) is 1. The first-order valence-electron chi connectivity index (χ1n) is 8.18. The van der Waals surface area contributed by atoms with E-state index in [0.717, 1.165) is 16.7 Å². The zero-order valence-corrected chi connectivity index (χ0v) is 12.9. The van der Waals surface area contributed by atoms with Crippen LogP contribution in [-0.4, -0.2) is 0 Å². The summed E-state index contributed by atoms with van der Waals surface area (Å²) in [6.07, 6.45) is 20.8. The molecule has 1 aromatic rings. The molecular weight excluding hydrogens is 246 g/mol. The summed E-state index contributed by atoms with van der Waals surface area (Å²) in [6.45, 7) is 2.26. The van der Waals surface area contributed by atoms with Gasteiger partial charge in [0.2, 0.25) is 0 Å². The molecule has 0 unspecified atom stereocenters. The van der Waals surface area contributed by atoms with Gasteiger partial charge in [0, 0.05) is 11.6 Å². The van der Waals surface area contributed by atoms with Gasteiger partial charge in [-0.1, -0.05) is 70.4 Å². The van der Waals surface area contributed by atoms with E-state index >= 15 is 0 Å². The van der Waals surface area contributed by atoms with E-state index in [-0.39, 0.29) is 0 Å². The fraction of sp³-hybridized carbons (Fsp3) is 0.611. The number of pyridine rings is 1. The van der Waals surface area contributed by atoms with E-state index in [1.165, 1.54) is 64.0 Å². The first-order chi connectivity index (χ1) is 9.83. The minimum absolute atomic E-state index is 0.845. The molecule has 2 nitrogen and oxygen atoms in total. The van der Waals surface area contributed by atoms with Gasteiger partial charge in [0.05, 0.1) is 0 Å². The van der Waals surface area contributed by atoms with Gasteiger partial charge in [0.15, 0.2) is 12.4 Å². The van der Waals surface area contributed by atoms with Crippen molar-refractivity contribution in [2.75, 3.05) is 0 Å². The molecule has 1 rings (SSSR count). The number of rotatable bonds is 11. The van der Waals surface area contributed by atoms with E-state index in [1.54, 1.807) is 12.3 Å². The molecule has 1 heterocycles. The van der Waals surface area contributed by atoms with Gasteiger partial charge < -0.3 is 5.21 Å². The van der Waals surface area contributed by atoms with Crippen LogP contribution >= 0.6 is 0 Å². The van der Waals surface area contributed by atoms with Gasteiger partial charge in [-0.05, 0) is 18.9 Å². The summed E-state index contributed by atoms with van der Waals surface area (Å²) in [5.41, 5.74) is 0.985. The van der Waals surface area contributed by atoms with Gasteiger partial charge in [-0.15, -0.1) is 0 Å². The van der Waals surface area contributed by atoms with E-state index in [1.807, 2.05) is 12.1 Å². The van der Waals surface area contributed by atoms with Crippen molar-refractivity contribution >= 4 is 6.08 Å². The number of unbranched alkanes of at least 4 members (excludes halogenated alkanes) is 9. The van der Waals surface area contributed by atoms with Crippen molar-refractivity contribution in [3.8, 4) is 0 Å². The van der Waals surface area contributed by atoms with Gasteiger partial charge in [-0.3, -0.25) is 0 Å². The van der Waals surface area contributed by atoms with E-state index < -0.39 is 0 Å². The molecule has 0 fully saturated rings. The minimum Gasteiger partial charge on any atom is -0.619 e. The second-order valence-corrected chi connectivity index (χ2v) is 5.52. The van der Waals surface area contributed by atoms with Crippen LogP contribution in [-0.2, 0) is 0 Å². The SMILES string of the molecule is CCCCCCCCCCCC=Cc1ccc[n+]([O-])c1. The second kappa shape index (κ2) is 11.5. The van der Waals surface area contributed by atoms with Crippen molar-refractivity contribution in [3.63, 3.8) is 0 Å². The molecule has 20 heavy (non-hydrogen) atoms. The summed E-state index contributed by atoms with van der Waals surface area (Å²) in [7, 11) is 0. The third kappa shape index (κ3) is 8.73. The summed E-state index contributed by atoms with van der Waals surface area (Å²) >= 11 is 0. The van der Waals surface area contributed by atoms with Gasteiger partial charge >= 0.3 is 0 Å². The van der Waals surface area contributed by atoms with Crippen LogP contribution in [0.1, 0.15) is 76.7 Å². The maximum atomic E-state index is 11.1. The lowest BCUT2D eigenvalue weighted by atomic mass is 10.1. The number of aromatic nitrogens is 1. The Hall–Kier alpha value is -1.31. The van der Waals surface area contributed by atoms with Crippen molar-refractivity contribution in [3.05, 3.63) is 41.4 Å². The summed E-state index contributed by atoms with van der Waals surface area (Å²) in [5, 5.41) is 11.1. The summed E-state index contributed by atoms with van der Waals surface area (Å²) in [5.74, 6) is 0. The fourth-order valence-corrected chi connectivity index (χ4v) is 2.36. The average molecular weight is 275 g/mol. The molecule has 112 valence electrons. The van der Waals surface area contributed by atoms with Gasteiger partial charge in [-0.2, -0.15) is 4.73 Å². The Morgan fingerprint density at radius 1 is 1.00 bits per heavy atom. The van der Waals surface area contributed by atoms with E-state index in [9.17, 15) is 5.21 Å². The number of hydrogen-bond donors (Lipinski definition) is 0. The Morgan fingerprint density at radius 2 is 1.65 bits per heavy atom. The molecule has 0 saturated carbocycles. The topological polar surface area (TPSA) is 26.9 Å². The smallest absolute Gasteiger partial charge is 0.187 e. The zero-order chi connectivity index (χ0) is 14.5. The normalized spacial score (nSPS) is 11.2. The maximum Gasteiger partial charge on any atom is 0.187 e. The molecule has 0 amide bonds. The Balaban J connectivity index is 1.94. The Labute approximate surface area is 124 Å². The highest BCUT2D eigenvalue weighted by molar-refractivity contribution is 5.46. The lowest BCUT2D eigenvalue weighted by molar-refractivity contribution is -0.605. The summed E-state index contributed by atoms with van der Waals surface area (Å²) < 4.78 is 0.845. The van der Waals surface area contributed by atoms with E-state index in [0.29, 0.717) is 0 Å². The highest BCUT2D eigenvalue weighted by atomic mass is 16.5. The van der Waals surface area contributed by atoms with Crippen LogP contribution in [0.5, 0.6) is 0 Å². The Bertz CT molecular complexity index is 373. The van der Waals surface area contributed by atoms with Gasteiger partial charge in [0.25, 0.3) is 0 Å². The third-order valence-electron chi connectivity index (χ3n) is 3.58. The molecule has 0 aliphatic carbocycles. The quantitative estimate of drug-likeness (QED) is 0.307. The van der Waals surface area contributed by atoms with Crippen LogP contribution in [0.4, 0.5) is 0 Å². The molecule has 1 aromatic heterocycles. The van der Waals surface area contributed by atoms with Crippen molar-refractivity contribution in [2.45, 2.75) is 71.1 Å². The fourth-order valence-electron chi connectivity index (χ4n) is 2.36. The molecule has 0 aromatic carbocycles. The molecule has 0 radical (unpaired) electrons. The monoisotopic (exact) mass is 275 g/mol. The summed E-state index contributed by atoms with van der Waals surface area (Å²) in [4.78, 5) is 0. The molecule has 0 spiro atoms. The molecule has 0 saturated heterocycles. The molecule has 0 aliphatic rings. The molecule has 0 N–H and O–H groups in total. The van der Waals surface area contributed by atoms with Crippen molar-refractivity contribution < 1.29 is 4.73 Å². The number of allylic oxidation sites excluding steroid dienone is 1. The van der Waals surface area contributed by atoms with E-state index in [2.05, 4.69) is 13.0 Å². The van der Waals surface area contributed by atoms with Crippen LogP contribution in [0.15, 0.2) is 30.6 Å². The van der Waals surface area contributed by atoms with Crippen LogP contribution in [0, 0.1) is 5.21 Å². The predicted octanol–water partition coefficient (Wildman–Crippen LogP) is 5.25. The standard InChI is InChI=1S/C18H29NO/c1-2-3-4-5-6-7-8-9-10-11-12-14-18-15-13-16-19(20)17-18/h12-17H,2-11H2,1H3. The van der Waals surface area contributed by atoms with Gasteiger partial charge in [0.1, 0.15) is 0 Å². The number of hydrogen-bond acceptors (Lipinski definition) is 1. The molecule has 0 aliphatic heterocycles. The van der Waals surface area contributed by atoms with Crippen LogP contribution in [0.3, 0.4) is 0 Å². The van der Waals surface area contributed by atoms with Crippen LogP contribution < -0.4 is 4.73 Å². The van der Waals surface area contributed by atoms with E-state index in [4.69, 9.17) is 0 Å². The summed E-state index contributed by atoms with van der Waals surface area (Å²) in [6, 6.07) is 3.74. The third-order valence-corrected chi connectivity index (χ3v) is 3.58. The first kappa shape index (κ1) is 16.7. The van der Waals surface area contributed by atoms with Gasteiger partial charge in [-0.25, -0.2) is 0 Å². The maximum absolute atomic E-state index is 11.1. The Morgan fingerprint density at radius 3 is 2.30 bits per heavy atom. The average Bonchev–Trinajstić information content (AvgIpc) is 2.45. The molecule has 0 bridgehead atoms. The lowest BCUT2D eigenvalue weighted by Gasteiger charge is -2.00. The van der Waals surface area contributed by atoms with Crippen LogP contribution in [0.25, 0.3) is 6.08 Å². The molecule has 0 atom stereocenters. The molecular formula is C18H29NO.